The number of nitrogens with two attached hydrogens (primary N) is 1. The third kappa shape index (κ3) is 2.79. The maximum absolute atomic E-state index is 6.26. The predicted molar refractivity (Wildman–Crippen MR) is 89.5 cm³/mol. The first-order valence-corrected chi connectivity index (χ1v) is 7.57. The van der Waals surface area contributed by atoms with Crippen LogP contribution in [0.15, 0.2) is 51.5 Å². The first kappa shape index (κ1) is 14.4. The third-order valence-corrected chi connectivity index (χ3v) is 4.05. The van der Waals surface area contributed by atoms with E-state index in [1.807, 2.05) is 24.3 Å². The number of nitrogens with zero attached hydrogens (tertiary/aromatic N) is 1. The molecule has 21 heavy (non-hydrogen) atoms. The van der Waals surface area contributed by atoms with E-state index in [1.54, 1.807) is 18.2 Å². The molecule has 0 radical (unpaired) electrons. The molecule has 2 aromatic carbocycles. The van der Waals surface area contributed by atoms with Gasteiger partial charge in [0.2, 0.25) is 0 Å². The van der Waals surface area contributed by atoms with Gasteiger partial charge in [-0.1, -0.05) is 62.5 Å². The molecule has 0 aliphatic carbocycles. The lowest BCUT2D eigenvalue weighted by molar-refractivity contribution is 0.436. The van der Waals surface area contributed by atoms with Crippen LogP contribution in [0.25, 0.3) is 22.5 Å². The maximum atomic E-state index is 6.26. The molecule has 0 unspecified atom stereocenters. The Hall–Kier alpha value is -1.49. The number of halogens is 3. The van der Waals surface area contributed by atoms with Gasteiger partial charge in [0.05, 0.1) is 10.6 Å². The van der Waals surface area contributed by atoms with Gasteiger partial charge in [-0.3, -0.25) is 0 Å². The number of hydrogen-bond acceptors (Lipinski definition) is 3. The molecule has 0 atom stereocenters. The Kier molecular flexibility index (Phi) is 3.93. The minimum atomic E-state index is 0.286. The van der Waals surface area contributed by atoms with E-state index < -0.39 is 0 Å². The normalized spacial score (nSPS) is 10.8. The second kappa shape index (κ2) is 5.72. The molecule has 0 aliphatic rings. The van der Waals surface area contributed by atoms with Crippen molar-refractivity contribution in [3.63, 3.8) is 0 Å². The Labute approximate surface area is 139 Å². The fourth-order valence-electron chi connectivity index (χ4n) is 2.08. The molecule has 106 valence electrons. The van der Waals surface area contributed by atoms with Gasteiger partial charge in [-0.05, 0) is 24.3 Å². The molecule has 0 amide bonds. The molecule has 3 rings (SSSR count). The van der Waals surface area contributed by atoms with E-state index in [9.17, 15) is 0 Å². The zero-order chi connectivity index (χ0) is 15.0. The highest BCUT2D eigenvalue weighted by Gasteiger charge is 2.20. The van der Waals surface area contributed by atoms with E-state index >= 15 is 0 Å². The molecule has 6 heteroatoms. The maximum Gasteiger partial charge on any atom is 0.177 e. The van der Waals surface area contributed by atoms with Crippen molar-refractivity contribution < 1.29 is 4.52 Å². The van der Waals surface area contributed by atoms with Crippen molar-refractivity contribution in [1.29, 1.82) is 0 Å². The molecule has 3 nitrogen and oxygen atoms in total. The summed E-state index contributed by atoms with van der Waals surface area (Å²) in [6.45, 7) is 0. The number of rotatable bonds is 2. The first-order chi connectivity index (χ1) is 10.1. The van der Waals surface area contributed by atoms with Crippen LogP contribution in [-0.2, 0) is 0 Å². The van der Waals surface area contributed by atoms with Crippen LogP contribution < -0.4 is 5.73 Å². The lowest BCUT2D eigenvalue weighted by Crippen LogP contribution is -1.89. The molecular formula is C15H9BrCl2N2O. The molecule has 1 heterocycles. The van der Waals surface area contributed by atoms with Crippen molar-refractivity contribution in [1.82, 2.24) is 5.16 Å². The zero-order valence-corrected chi connectivity index (χ0v) is 13.7. The van der Waals surface area contributed by atoms with Gasteiger partial charge in [0.1, 0.15) is 0 Å². The molecule has 0 spiro atoms. The minimum absolute atomic E-state index is 0.286. The van der Waals surface area contributed by atoms with Crippen LogP contribution in [0.5, 0.6) is 0 Å². The second-order valence-corrected chi connectivity index (χ2v) is 6.17. The summed E-state index contributed by atoms with van der Waals surface area (Å²) in [6, 6.07) is 12.9. The number of anilines is 1. The van der Waals surface area contributed by atoms with E-state index in [0.717, 1.165) is 15.6 Å². The third-order valence-electron chi connectivity index (χ3n) is 3.01. The summed E-state index contributed by atoms with van der Waals surface area (Å²) in [6.07, 6.45) is 0. The fourth-order valence-corrected chi connectivity index (χ4v) is 2.98. The Morgan fingerprint density at radius 1 is 1.10 bits per heavy atom. The molecule has 0 saturated heterocycles. The van der Waals surface area contributed by atoms with Crippen molar-refractivity contribution in [3.05, 3.63) is 57.0 Å². The zero-order valence-electron chi connectivity index (χ0n) is 10.6. The number of hydrogen-bond donors (Lipinski definition) is 1. The monoisotopic (exact) mass is 382 g/mol. The minimum Gasteiger partial charge on any atom is -0.380 e. The molecule has 0 fully saturated rings. The number of nitrogen functional groups attached to an aromatic ring is 1. The van der Waals surface area contributed by atoms with Crippen molar-refractivity contribution >= 4 is 44.9 Å². The Morgan fingerprint density at radius 3 is 2.62 bits per heavy atom. The predicted octanol–water partition coefficient (Wildman–Crippen LogP) is 5.66. The second-order valence-electron chi connectivity index (χ2n) is 4.41. The molecule has 0 bridgehead atoms. The van der Waals surface area contributed by atoms with Crippen LogP contribution in [0.3, 0.4) is 0 Å². The standard InChI is InChI=1S/C15H9BrCl2N2O/c16-9-3-1-2-8(6-9)14-13(15(19)20-21-14)11-5-4-10(17)7-12(11)18/h1-7H,(H2,19,20). The summed E-state index contributed by atoms with van der Waals surface area (Å²) < 4.78 is 6.32. The molecule has 3 aromatic rings. The van der Waals surface area contributed by atoms with Crippen molar-refractivity contribution in [2.24, 2.45) is 0 Å². The van der Waals surface area contributed by atoms with E-state index in [4.69, 9.17) is 33.5 Å². The van der Waals surface area contributed by atoms with Gasteiger partial charge >= 0.3 is 0 Å². The SMILES string of the molecule is Nc1noc(-c2cccc(Br)c2)c1-c1ccc(Cl)cc1Cl. The quantitative estimate of drug-likeness (QED) is 0.621. The van der Waals surface area contributed by atoms with E-state index in [-0.39, 0.29) is 5.82 Å². The molecule has 0 saturated carbocycles. The van der Waals surface area contributed by atoms with Crippen LogP contribution in [0.1, 0.15) is 0 Å². The Bertz CT molecular complexity index is 817. The summed E-state index contributed by atoms with van der Waals surface area (Å²) in [7, 11) is 0. The van der Waals surface area contributed by atoms with Gasteiger partial charge in [0.15, 0.2) is 11.6 Å². The van der Waals surface area contributed by atoms with Gasteiger partial charge in [0, 0.05) is 20.6 Å². The van der Waals surface area contributed by atoms with Gasteiger partial charge in [0.25, 0.3) is 0 Å². The Balaban J connectivity index is 2.22. The van der Waals surface area contributed by atoms with Gasteiger partial charge in [-0.15, -0.1) is 0 Å². The highest BCUT2D eigenvalue weighted by molar-refractivity contribution is 9.10. The van der Waals surface area contributed by atoms with Crippen LogP contribution in [0.4, 0.5) is 5.82 Å². The van der Waals surface area contributed by atoms with Crippen LogP contribution >= 0.6 is 39.1 Å². The summed E-state index contributed by atoms with van der Waals surface area (Å²) in [5.41, 5.74) is 8.20. The smallest absolute Gasteiger partial charge is 0.177 e. The van der Waals surface area contributed by atoms with Gasteiger partial charge < -0.3 is 10.3 Å². The lowest BCUT2D eigenvalue weighted by Gasteiger charge is -2.06. The molecule has 2 N–H and O–H groups in total. The van der Waals surface area contributed by atoms with Crippen LogP contribution in [0.2, 0.25) is 10.0 Å². The van der Waals surface area contributed by atoms with E-state index in [1.165, 1.54) is 0 Å². The van der Waals surface area contributed by atoms with Crippen molar-refractivity contribution in [2.75, 3.05) is 5.73 Å². The Morgan fingerprint density at radius 2 is 1.90 bits per heavy atom. The average Bonchev–Trinajstić information content (AvgIpc) is 2.81. The highest BCUT2D eigenvalue weighted by atomic mass is 79.9. The fraction of sp³-hybridized carbons (Fsp3) is 0. The summed E-state index contributed by atoms with van der Waals surface area (Å²) in [5, 5.41) is 4.91. The van der Waals surface area contributed by atoms with Crippen molar-refractivity contribution in [2.45, 2.75) is 0 Å². The van der Waals surface area contributed by atoms with E-state index in [0.29, 0.717) is 21.4 Å². The van der Waals surface area contributed by atoms with E-state index in [2.05, 4.69) is 21.1 Å². The van der Waals surface area contributed by atoms with Crippen molar-refractivity contribution in [3.8, 4) is 22.5 Å². The summed E-state index contributed by atoms with van der Waals surface area (Å²) in [4.78, 5) is 0. The topological polar surface area (TPSA) is 52.0 Å². The lowest BCUT2D eigenvalue weighted by atomic mass is 10.0. The van der Waals surface area contributed by atoms with Gasteiger partial charge in [-0.2, -0.15) is 0 Å². The van der Waals surface area contributed by atoms with Gasteiger partial charge in [-0.25, -0.2) is 0 Å². The molecule has 1 aromatic heterocycles. The number of benzene rings is 2. The molecule has 0 aliphatic heterocycles. The van der Waals surface area contributed by atoms with Crippen LogP contribution in [-0.4, -0.2) is 5.16 Å². The largest absolute Gasteiger partial charge is 0.380 e. The van der Waals surface area contributed by atoms with Crippen LogP contribution in [0, 0.1) is 0 Å². The number of aromatic nitrogens is 1. The first-order valence-electron chi connectivity index (χ1n) is 6.03. The summed E-state index contributed by atoms with van der Waals surface area (Å²) >= 11 is 15.6. The molecular weight excluding hydrogens is 375 g/mol. The summed E-state index contributed by atoms with van der Waals surface area (Å²) in [5.74, 6) is 0.854. The highest BCUT2D eigenvalue weighted by Crippen LogP contribution is 2.41. The average molecular weight is 384 g/mol.